The van der Waals surface area contributed by atoms with Crippen molar-refractivity contribution in [2.45, 2.75) is 24.3 Å². The molecular weight excluding hydrogens is 376 g/mol. The van der Waals surface area contributed by atoms with Gasteiger partial charge in [0.05, 0.1) is 17.7 Å². The molecule has 0 fully saturated rings. The van der Waals surface area contributed by atoms with Crippen LogP contribution in [0.3, 0.4) is 0 Å². The highest BCUT2D eigenvalue weighted by atomic mass is 32.2. The van der Waals surface area contributed by atoms with E-state index in [1.807, 2.05) is 30.3 Å². The number of carbonyl (C=O) groups is 1. The molecule has 3 aromatic rings. The van der Waals surface area contributed by atoms with Crippen LogP contribution in [0.5, 0.6) is 0 Å². The number of sulfonamides is 1. The molecule has 146 valence electrons. The number of hydrogen-bond acceptors (Lipinski definition) is 4. The van der Waals surface area contributed by atoms with E-state index in [4.69, 9.17) is 4.42 Å². The molecule has 6 nitrogen and oxygen atoms in total. The van der Waals surface area contributed by atoms with E-state index >= 15 is 0 Å². The lowest BCUT2D eigenvalue weighted by Crippen LogP contribution is -2.25. The molecule has 0 bridgehead atoms. The van der Waals surface area contributed by atoms with Gasteiger partial charge in [0.25, 0.3) is 5.91 Å². The summed E-state index contributed by atoms with van der Waals surface area (Å²) in [6.07, 6.45) is 3.04. The number of hydrogen-bond donors (Lipinski definition) is 2. The fraction of sp³-hybridized carbons (Fsp3) is 0.190. The molecule has 2 aromatic carbocycles. The van der Waals surface area contributed by atoms with Gasteiger partial charge in [0.2, 0.25) is 10.0 Å². The normalized spacial score (nSPS) is 11.3. The Morgan fingerprint density at radius 1 is 0.929 bits per heavy atom. The van der Waals surface area contributed by atoms with Gasteiger partial charge in [0.15, 0.2) is 0 Å². The van der Waals surface area contributed by atoms with Crippen molar-refractivity contribution in [3.05, 3.63) is 89.9 Å². The Morgan fingerprint density at radius 3 is 2.36 bits per heavy atom. The molecular formula is C21H22N2O4S. The van der Waals surface area contributed by atoms with E-state index in [0.29, 0.717) is 24.3 Å². The van der Waals surface area contributed by atoms with Crippen LogP contribution in [0, 0.1) is 0 Å². The summed E-state index contributed by atoms with van der Waals surface area (Å²) in [7, 11) is -3.60. The minimum atomic E-state index is -3.60. The lowest BCUT2D eigenvalue weighted by atomic mass is 10.1. The second-order valence-electron chi connectivity index (χ2n) is 6.27. The average Bonchev–Trinajstić information content (AvgIpc) is 3.24. The molecule has 28 heavy (non-hydrogen) atoms. The highest BCUT2D eigenvalue weighted by Crippen LogP contribution is 2.11. The molecule has 0 saturated heterocycles. The fourth-order valence-electron chi connectivity index (χ4n) is 2.70. The summed E-state index contributed by atoms with van der Waals surface area (Å²) in [6, 6.07) is 19.3. The highest BCUT2D eigenvalue weighted by molar-refractivity contribution is 7.89. The van der Waals surface area contributed by atoms with Gasteiger partial charge in [-0.2, -0.15) is 0 Å². The molecule has 0 aliphatic rings. The SMILES string of the molecule is O=C(NCc1ccco1)c1ccc(S(=O)(=O)NCCCc2ccccc2)cc1. The van der Waals surface area contributed by atoms with Gasteiger partial charge in [-0.15, -0.1) is 0 Å². The van der Waals surface area contributed by atoms with Crippen LogP contribution in [0.2, 0.25) is 0 Å². The first kappa shape index (κ1) is 19.9. The lowest BCUT2D eigenvalue weighted by molar-refractivity contribution is 0.0948. The van der Waals surface area contributed by atoms with Crippen molar-refractivity contribution in [3.63, 3.8) is 0 Å². The number of nitrogens with one attached hydrogen (secondary N) is 2. The van der Waals surface area contributed by atoms with Crippen LogP contribution in [0.15, 0.2) is 82.3 Å². The smallest absolute Gasteiger partial charge is 0.251 e. The largest absolute Gasteiger partial charge is 0.467 e. The number of furan rings is 1. The molecule has 0 aliphatic carbocycles. The first-order chi connectivity index (χ1) is 13.5. The summed E-state index contributed by atoms with van der Waals surface area (Å²) in [4.78, 5) is 12.3. The van der Waals surface area contributed by atoms with Crippen molar-refractivity contribution in [3.8, 4) is 0 Å². The van der Waals surface area contributed by atoms with E-state index in [1.54, 1.807) is 12.1 Å². The summed E-state index contributed by atoms with van der Waals surface area (Å²) in [5.74, 6) is 0.350. The van der Waals surface area contributed by atoms with Gasteiger partial charge in [0, 0.05) is 12.1 Å². The molecule has 0 spiro atoms. The topological polar surface area (TPSA) is 88.4 Å². The van der Waals surface area contributed by atoms with Crippen molar-refractivity contribution in [1.29, 1.82) is 0 Å². The average molecular weight is 398 g/mol. The van der Waals surface area contributed by atoms with Gasteiger partial charge in [0.1, 0.15) is 5.76 Å². The van der Waals surface area contributed by atoms with Gasteiger partial charge in [-0.25, -0.2) is 13.1 Å². The summed E-state index contributed by atoms with van der Waals surface area (Å²) in [5.41, 5.74) is 1.56. The summed E-state index contributed by atoms with van der Waals surface area (Å²) >= 11 is 0. The number of carbonyl (C=O) groups excluding carboxylic acids is 1. The Bertz CT molecular complexity index is 983. The Balaban J connectivity index is 1.50. The molecule has 0 aliphatic heterocycles. The van der Waals surface area contributed by atoms with Gasteiger partial charge in [-0.05, 0) is 54.8 Å². The molecule has 1 heterocycles. The van der Waals surface area contributed by atoms with Crippen molar-refractivity contribution in [1.82, 2.24) is 10.0 Å². The fourth-order valence-corrected chi connectivity index (χ4v) is 3.77. The number of benzene rings is 2. The zero-order valence-electron chi connectivity index (χ0n) is 15.3. The van der Waals surface area contributed by atoms with Crippen LogP contribution < -0.4 is 10.0 Å². The molecule has 0 radical (unpaired) electrons. The van der Waals surface area contributed by atoms with Gasteiger partial charge in [-0.1, -0.05) is 30.3 Å². The van der Waals surface area contributed by atoms with Crippen LogP contribution in [0.1, 0.15) is 28.1 Å². The Labute approximate surface area is 164 Å². The van der Waals surface area contributed by atoms with Crippen LogP contribution in [-0.4, -0.2) is 20.9 Å². The third-order valence-electron chi connectivity index (χ3n) is 4.21. The third-order valence-corrected chi connectivity index (χ3v) is 5.68. The van der Waals surface area contributed by atoms with Crippen molar-refractivity contribution in [2.24, 2.45) is 0 Å². The number of amides is 1. The first-order valence-electron chi connectivity index (χ1n) is 8.99. The van der Waals surface area contributed by atoms with Gasteiger partial charge < -0.3 is 9.73 Å². The molecule has 7 heteroatoms. The van der Waals surface area contributed by atoms with E-state index in [9.17, 15) is 13.2 Å². The zero-order chi connectivity index (χ0) is 19.8. The Hall–Kier alpha value is -2.90. The molecule has 0 saturated carbocycles. The molecule has 2 N–H and O–H groups in total. The second-order valence-corrected chi connectivity index (χ2v) is 8.04. The standard InChI is InChI=1S/C21H22N2O4S/c24-21(22-16-19-9-5-15-27-19)18-10-12-20(13-11-18)28(25,26)23-14-4-8-17-6-2-1-3-7-17/h1-3,5-7,9-13,15,23H,4,8,14,16H2,(H,22,24). The van der Waals surface area contributed by atoms with E-state index < -0.39 is 10.0 Å². The maximum atomic E-state index is 12.4. The Morgan fingerprint density at radius 2 is 1.68 bits per heavy atom. The van der Waals surface area contributed by atoms with E-state index in [-0.39, 0.29) is 17.3 Å². The minimum Gasteiger partial charge on any atom is -0.467 e. The van der Waals surface area contributed by atoms with E-state index in [2.05, 4.69) is 10.0 Å². The van der Waals surface area contributed by atoms with Crippen molar-refractivity contribution < 1.29 is 17.6 Å². The number of rotatable bonds is 9. The summed E-state index contributed by atoms with van der Waals surface area (Å²) < 4.78 is 32.5. The quantitative estimate of drug-likeness (QED) is 0.542. The second kappa shape index (κ2) is 9.34. The molecule has 1 aromatic heterocycles. The molecule has 3 rings (SSSR count). The zero-order valence-corrected chi connectivity index (χ0v) is 16.1. The van der Waals surface area contributed by atoms with Crippen molar-refractivity contribution in [2.75, 3.05) is 6.54 Å². The first-order valence-corrected chi connectivity index (χ1v) is 10.5. The van der Waals surface area contributed by atoms with Crippen LogP contribution in [0.25, 0.3) is 0 Å². The predicted octanol–water partition coefficient (Wildman–Crippen LogP) is 3.12. The summed E-state index contributed by atoms with van der Waals surface area (Å²) in [6.45, 7) is 0.622. The Kier molecular flexibility index (Phi) is 6.62. The van der Waals surface area contributed by atoms with Crippen LogP contribution in [0.4, 0.5) is 0 Å². The maximum absolute atomic E-state index is 12.4. The molecule has 0 unspecified atom stereocenters. The van der Waals surface area contributed by atoms with Crippen molar-refractivity contribution >= 4 is 15.9 Å². The minimum absolute atomic E-state index is 0.134. The van der Waals surface area contributed by atoms with E-state index in [0.717, 1.165) is 6.42 Å². The van der Waals surface area contributed by atoms with Crippen LogP contribution >= 0.6 is 0 Å². The molecule has 0 atom stereocenters. The molecule has 1 amide bonds. The monoisotopic (exact) mass is 398 g/mol. The highest BCUT2D eigenvalue weighted by Gasteiger charge is 2.14. The van der Waals surface area contributed by atoms with Gasteiger partial charge >= 0.3 is 0 Å². The van der Waals surface area contributed by atoms with Crippen LogP contribution in [-0.2, 0) is 23.0 Å². The predicted molar refractivity (Wildman–Crippen MR) is 106 cm³/mol. The number of aryl methyl sites for hydroxylation is 1. The third kappa shape index (κ3) is 5.55. The lowest BCUT2D eigenvalue weighted by Gasteiger charge is -2.08. The maximum Gasteiger partial charge on any atom is 0.251 e. The summed E-state index contributed by atoms with van der Waals surface area (Å²) in [5, 5.41) is 2.72. The van der Waals surface area contributed by atoms with Gasteiger partial charge in [-0.3, -0.25) is 4.79 Å². The van der Waals surface area contributed by atoms with E-state index in [1.165, 1.54) is 36.1 Å².